The Balaban J connectivity index is 2.07. The highest BCUT2D eigenvalue weighted by Gasteiger charge is 2.03. The van der Waals surface area contributed by atoms with Crippen LogP contribution in [0.15, 0.2) is 39.4 Å². The highest BCUT2D eigenvalue weighted by molar-refractivity contribution is 9.11. The highest BCUT2D eigenvalue weighted by atomic mass is 79.9. The van der Waals surface area contributed by atoms with E-state index in [2.05, 4.69) is 47.1 Å². The van der Waals surface area contributed by atoms with E-state index in [1.807, 2.05) is 18.2 Å². The lowest BCUT2D eigenvalue weighted by Gasteiger charge is -2.07. The van der Waals surface area contributed by atoms with Gasteiger partial charge in [-0.3, -0.25) is 4.98 Å². The van der Waals surface area contributed by atoms with Crippen molar-refractivity contribution in [2.24, 2.45) is 0 Å². The van der Waals surface area contributed by atoms with Crippen LogP contribution in [0.1, 0.15) is 5.69 Å². The van der Waals surface area contributed by atoms with Gasteiger partial charge in [0.25, 0.3) is 0 Å². The molecule has 0 aliphatic heterocycles. The lowest BCUT2D eigenvalue weighted by atomic mass is 10.3. The number of hydrogen-bond acceptors (Lipinski definition) is 3. The summed E-state index contributed by atoms with van der Waals surface area (Å²) in [6.45, 7) is 0.585. The summed E-state index contributed by atoms with van der Waals surface area (Å²) in [5.41, 5.74) is 0.912. The first-order valence-corrected chi connectivity index (χ1v) is 6.78. The van der Waals surface area contributed by atoms with Gasteiger partial charge in [-0.25, -0.2) is 4.98 Å². The molecule has 0 atom stereocenters. The third-order valence-corrected chi connectivity index (χ3v) is 3.37. The fourth-order valence-electron chi connectivity index (χ4n) is 1.25. The molecule has 2 aromatic heterocycles. The quantitative estimate of drug-likeness (QED) is 0.812. The monoisotopic (exact) mass is 375 g/mol. The van der Waals surface area contributed by atoms with Crippen LogP contribution in [-0.2, 0) is 6.54 Å². The fourth-order valence-corrected chi connectivity index (χ4v) is 2.55. The molecular formula is C11H8Br2ClN3. The molecule has 0 fully saturated rings. The van der Waals surface area contributed by atoms with Crippen molar-refractivity contribution in [1.29, 1.82) is 0 Å². The second-order valence-electron chi connectivity index (χ2n) is 3.28. The number of hydrogen-bond donors (Lipinski definition) is 1. The van der Waals surface area contributed by atoms with Gasteiger partial charge in [0.15, 0.2) is 0 Å². The first kappa shape index (κ1) is 12.8. The molecule has 2 rings (SSSR count). The largest absolute Gasteiger partial charge is 0.364 e. The van der Waals surface area contributed by atoms with Gasteiger partial charge in [-0.2, -0.15) is 0 Å². The summed E-state index contributed by atoms with van der Waals surface area (Å²) in [5, 5.41) is 3.63. The van der Waals surface area contributed by atoms with Crippen LogP contribution < -0.4 is 5.32 Å². The van der Waals surface area contributed by atoms with Crippen LogP contribution in [0.25, 0.3) is 0 Å². The van der Waals surface area contributed by atoms with Gasteiger partial charge in [-0.15, -0.1) is 0 Å². The van der Waals surface area contributed by atoms with E-state index in [1.165, 1.54) is 0 Å². The van der Waals surface area contributed by atoms with E-state index in [0.717, 1.165) is 20.5 Å². The van der Waals surface area contributed by atoms with Crippen LogP contribution >= 0.6 is 43.5 Å². The number of rotatable bonds is 3. The van der Waals surface area contributed by atoms with Gasteiger partial charge in [-0.1, -0.05) is 17.7 Å². The number of aromatic nitrogens is 2. The smallest absolute Gasteiger partial charge is 0.131 e. The molecule has 3 nitrogen and oxygen atoms in total. The third kappa shape index (κ3) is 3.66. The van der Waals surface area contributed by atoms with Crippen molar-refractivity contribution in [2.45, 2.75) is 6.54 Å². The molecule has 88 valence electrons. The number of anilines is 1. The standard InChI is InChI=1S/C11H8Br2ClN3/c12-7-4-8(13)9(15-5-7)6-16-11-3-1-2-10(14)17-11/h1-5H,6H2,(H,16,17). The molecule has 0 amide bonds. The Morgan fingerprint density at radius 3 is 2.82 bits per heavy atom. The molecule has 0 unspecified atom stereocenters. The molecule has 0 saturated carbocycles. The van der Waals surface area contributed by atoms with E-state index >= 15 is 0 Å². The summed E-state index contributed by atoms with van der Waals surface area (Å²) in [6, 6.07) is 7.40. The molecule has 0 aromatic carbocycles. The van der Waals surface area contributed by atoms with E-state index in [1.54, 1.807) is 12.3 Å². The molecule has 0 saturated heterocycles. The third-order valence-electron chi connectivity index (χ3n) is 2.04. The molecule has 2 heterocycles. The van der Waals surface area contributed by atoms with Crippen molar-refractivity contribution in [3.63, 3.8) is 0 Å². The Bertz CT molecular complexity index is 534. The van der Waals surface area contributed by atoms with Gasteiger partial charge in [0.2, 0.25) is 0 Å². The minimum Gasteiger partial charge on any atom is -0.364 e. The van der Waals surface area contributed by atoms with Gasteiger partial charge in [-0.05, 0) is 50.1 Å². The molecule has 0 aliphatic rings. The maximum absolute atomic E-state index is 5.80. The summed E-state index contributed by atoms with van der Waals surface area (Å²) >= 11 is 12.6. The second-order valence-corrected chi connectivity index (χ2v) is 5.44. The van der Waals surface area contributed by atoms with Gasteiger partial charge in [0.1, 0.15) is 11.0 Å². The zero-order valence-corrected chi connectivity index (χ0v) is 12.6. The SMILES string of the molecule is Clc1cccc(NCc2ncc(Br)cc2Br)n1. The first-order valence-electron chi connectivity index (χ1n) is 4.81. The average Bonchev–Trinajstić information content (AvgIpc) is 2.28. The Morgan fingerprint density at radius 2 is 2.12 bits per heavy atom. The number of nitrogens with zero attached hydrogens (tertiary/aromatic N) is 2. The van der Waals surface area contributed by atoms with Crippen molar-refractivity contribution in [3.05, 3.63) is 50.3 Å². The molecule has 0 spiro atoms. The van der Waals surface area contributed by atoms with Crippen molar-refractivity contribution < 1.29 is 0 Å². The molecule has 2 aromatic rings. The van der Waals surface area contributed by atoms with Gasteiger partial charge >= 0.3 is 0 Å². The minimum atomic E-state index is 0.470. The Labute approximate surface area is 121 Å². The molecule has 0 bridgehead atoms. The van der Waals surface area contributed by atoms with Crippen molar-refractivity contribution >= 4 is 49.3 Å². The molecule has 6 heteroatoms. The van der Waals surface area contributed by atoms with Crippen molar-refractivity contribution in [2.75, 3.05) is 5.32 Å². The Hall–Kier alpha value is -0.650. The summed E-state index contributed by atoms with van der Waals surface area (Å²) < 4.78 is 1.88. The zero-order chi connectivity index (χ0) is 12.3. The molecule has 1 N–H and O–H groups in total. The lowest BCUT2D eigenvalue weighted by Crippen LogP contribution is -2.03. The van der Waals surface area contributed by atoms with Gasteiger partial charge < -0.3 is 5.32 Å². The number of halogens is 3. The van der Waals surface area contributed by atoms with Crippen LogP contribution in [-0.4, -0.2) is 9.97 Å². The van der Waals surface area contributed by atoms with Crippen LogP contribution in [0.4, 0.5) is 5.82 Å². The molecule has 0 aliphatic carbocycles. The van der Waals surface area contributed by atoms with Crippen LogP contribution in [0, 0.1) is 0 Å². The van der Waals surface area contributed by atoms with Crippen molar-refractivity contribution in [3.8, 4) is 0 Å². The maximum atomic E-state index is 5.80. The van der Waals surface area contributed by atoms with Gasteiger partial charge in [0.05, 0.1) is 12.2 Å². The average molecular weight is 377 g/mol. The van der Waals surface area contributed by atoms with Crippen LogP contribution in [0.2, 0.25) is 5.15 Å². The molecule has 0 radical (unpaired) electrons. The lowest BCUT2D eigenvalue weighted by molar-refractivity contribution is 1.01. The predicted octanol–water partition coefficient (Wildman–Crippen LogP) is 4.27. The van der Waals surface area contributed by atoms with Gasteiger partial charge in [0, 0.05) is 15.1 Å². The second kappa shape index (κ2) is 5.80. The maximum Gasteiger partial charge on any atom is 0.131 e. The number of pyridine rings is 2. The van der Waals surface area contributed by atoms with E-state index < -0.39 is 0 Å². The molecular weight excluding hydrogens is 369 g/mol. The van der Waals surface area contributed by atoms with E-state index in [4.69, 9.17) is 11.6 Å². The summed E-state index contributed by atoms with van der Waals surface area (Å²) in [4.78, 5) is 8.44. The first-order chi connectivity index (χ1) is 8.15. The zero-order valence-electron chi connectivity index (χ0n) is 8.62. The molecule has 17 heavy (non-hydrogen) atoms. The highest BCUT2D eigenvalue weighted by Crippen LogP contribution is 2.20. The van der Waals surface area contributed by atoms with Crippen LogP contribution in [0.3, 0.4) is 0 Å². The summed E-state index contributed by atoms with van der Waals surface area (Å²) in [6.07, 6.45) is 1.76. The fraction of sp³-hybridized carbons (Fsp3) is 0.0909. The topological polar surface area (TPSA) is 37.8 Å². The predicted molar refractivity (Wildman–Crippen MR) is 76.2 cm³/mol. The minimum absolute atomic E-state index is 0.470. The number of nitrogens with one attached hydrogen (secondary N) is 1. The van der Waals surface area contributed by atoms with Crippen LogP contribution in [0.5, 0.6) is 0 Å². The summed E-state index contributed by atoms with van der Waals surface area (Å²) in [5.74, 6) is 0.731. The van der Waals surface area contributed by atoms with E-state index in [-0.39, 0.29) is 0 Å². The van der Waals surface area contributed by atoms with E-state index in [9.17, 15) is 0 Å². The van der Waals surface area contributed by atoms with E-state index in [0.29, 0.717) is 11.7 Å². The van der Waals surface area contributed by atoms with Crippen molar-refractivity contribution in [1.82, 2.24) is 9.97 Å². The summed E-state index contributed by atoms with van der Waals surface area (Å²) in [7, 11) is 0. The Morgan fingerprint density at radius 1 is 1.29 bits per heavy atom. The Kier molecular flexibility index (Phi) is 4.36. The normalized spacial score (nSPS) is 10.3.